The van der Waals surface area contributed by atoms with Crippen molar-refractivity contribution in [3.63, 3.8) is 0 Å². The van der Waals surface area contributed by atoms with Crippen LogP contribution in [-0.2, 0) is 6.18 Å². The lowest BCUT2D eigenvalue weighted by Crippen LogP contribution is -2.41. The zero-order valence-corrected chi connectivity index (χ0v) is 17.0. The van der Waals surface area contributed by atoms with Crippen molar-refractivity contribution in [1.82, 2.24) is 14.9 Å². The number of aromatic nitrogens is 2. The van der Waals surface area contributed by atoms with Crippen molar-refractivity contribution in [3.05, 3.63) is 64.3 Å². The van der Waals surface area contributed by atoms with Gasteiger partial charge < -0.3 is 16.0 Å². The molecule has 10 heteroatoms. The highest BCUT2D eigenvalue weighted by Crippen LogP contribution is 2.37. The largest absolute Gasteiger partial charge is 0.417 e. The molecule has 2 aromatic carbocycles. The first-order valence-corrected chi connectivity index (χ1v) is 10.0. The molecule has 0 spiro atoms. The number of hydrogen-bond donors (Lipinski definition) is 2. The molecule has 1 aromatic heterocycles. The first kappa shape index (κ1) is 21.3. The van der Waals surface area contributed by atoms with Crippen molar-refractivity contribution in [2.24, 2.45) is 5.73 Å². The van der Waals surface area contributed by atoms with Gasteiger partial charge in [-0.15, -0.1) is 0 Å². The molecule has 0 saturated carbocycles. The molecule has 31 heavy (non-hydrogen) atoms. The molecule has 1 aliphatic heterocycles. The van der Waals surface area contributed by atoms with Gasteiger partial charge in [-0.2, -0.15) is 13.2 Å². The van der Waals surface area contributed by atoms with Gasteiger partial charge >= 0.3 is 6.18 Å². The van der Waals surface area contributed by atoms with Gasteiger partial charge in [-0.1, -0.05) is 29.8 Å². The van der Waals surface area contributed by atoms with Crippen LogP contribution in [0.4, 0.5) is 19.1 Å². The molecule has 1 amide bonds. The summed E-state index contributed by atoms with van der Waals surface area (Å²) in [6.45, 7) is 2.20. The number of primary amides is 1. The summed E-state index contributed by atoms with van der Waals surface area (Å²) in [5.41, 5.74) is 5.58. The summed E-state index contributed by atoms with van der Waals surface area (Å²) >= 11 is 5.78. The molecule has 0 radical (unpaired) electrons. The number of fused-ring (bicyclic) bond motifs is 1. The molecule has 4 rings (SSSR count). The summed E-state index contributed by atoms with van der Waals surface area (Å²) in [4.78, 5) is 22.5. The summed E-state index contributed by atoms with van der Waals surface area (Å²) in [5.74, 6) is -0.435. The van der Waals surface area contributed by atoms with E-state index >= 15 is 0 Å². The normalized spacial score (nSPS) is 15.5. The second-order valence-electron chi connectivity index (χ2n) is 7.39. The van der Waals surface area contributed by atoms with Crippen LogP contribution in [0.15, 0.2) is 42.6 Å². The van der Waals surface area contributed by atoms with E-state index in [2.05, 4.69) is 20.2 Å². The summed E-state index contributed by atoms with van der Waals surface area (Å²) in [7, 11) is 0. The summed E-state index contributed by atoms with van der Waals surface area (Å²) in [6, 6.07) is 8.33. The van der Waals surface area contributed by atoms with Crippen molar-refractivity contribution in [2.45, 2.75) is 18.6 Å². The Bertz CT molecular complexity index is 1130. The van der Waals surface area contributed by atoms with Crippen LogP contribution < -0.4 is 11.1 Å². The second kappa shape index (κ2) is 8.32. The minimum atomic E-state index is -4.57. The van der Waals surface area contributed by atoms with E-state index < -0.39 is 23.7 Å². The van der Waals surface area contributed by atoms with Crippen LogP contribution in [0.25, 0.3) is 10.9 Å². The summed E-state index contributed by atoms with van der Waals surface area (Å²) in [6.07, 6.45) is -1.99. The Kier molecular flexibility index (Phi) is 5.72. The maximum absolute atomic E-state index is 13.4. The standard InChI is InChI=1S/C21H19ClF3N5O/c22-16-6-5-12(9-15(16)21(23,24)25)17(11-30-7-2-8-30)28-20-27-10-13-3-1-4-14(19(26)31)18(13)29-20/h1,3-6,9-10,17H,2,7-8,11H2,(H2,26,31)(H,27,28,29)/t17-/m1/s1. The van der Waals surface area contributed by atoms with Gasteiger partial charge in [0, 0.05) is 18.1 Å². The molecule has 1 fully saturated rings. The molecule has 3 aromatic rings. The number of carbonyl (C=O) groups is 1. The number of nitrogens with two attached hydrogens (primary N) is 1. The quantitative estimate of drug-likeness (QED) is 0.587. The number of likely N-dealkylation sites (tertiary alicyclic amines) is 1. The molecule has 6 nitrogen and oxygen atoms in total. The Morgan fingerprint density at radius 1 is 1.26 bits per heavy atom. The maximum atomic E-state index is 13.4. The zero-order chi connectivity index (χ0) is 22.2. The van der Waals surface area contributed by atoms with E-state index in [0.29, 0.717) is 23.0 Å². The number of amides is 1. The van der Waals surface area contributed by atoms with Crippen LogP contribution in [0.3, 0.4) is 0 Å². The molecule has 0 unspecified atom stereocenters. The number of para-hydroxylation sites is 1. The molecule has 1 aliphatic rings. The smallest absolute Gasteiger partial charge is 0.366 e. The number of halogens is 4. The zero-order valence-electron chi connectivity index (χ0n) is 16.3. The van der Waals surface area contributed by atoms with Gasteiger partial charge in [0.25, 0.3) is 5.91 Å². The van der Waals surface area contributed by atoms with Crippen LogP contribution in [0.5, 0.6) is 0 Å². The van der Waals surface area contributed by atoms with E-state index in [1.54, 1.807) is 30.5 Å². The number of hydrogen-bond acceptors (Lipinski definition) is 5. The Balaban J connectivity index is 1.71. The van der Waals surface area contributed by atoms with Gasteiger partial charge in [0.15, 0.2) is 0 Å². The number of nitrogens with one attached hydrogen (secondary N) is 1. The topological polar surface area (TPSA) is 84.1 Å². The maximum Gasteiger partial charge on any atom is 0.417 e. The average molecular weight is 450 g/mol. The molecule has 2 heterocycles. The fourth-order valence-electron chi connectivity index (χ4n) is 3.51. The van der Waals surface area contributed by atoms with Gasteiger partial charge in [-0.3, -0.25) is 4.79 Å². The first-order valence-electron chi connectivity index (χ1n) is 9.63. The van der Waals surface area contributed by atoms with E-state index in [4.69, 9.17) is 17.3 Å². The lowest BCUT2D eigenvalue weighted by Gasteiger charge is -2.34. The van der Waals surface area contributed by atoms with Gasteiger partial charge in [0.1, 0.15) is 0 Å². The lowest BCUT2D eigenvalue weighted by molar-refractivity contribution is -0.137. The highest BCUT2D eigenvalue weighted by molar-refractivity contribution is 6.31. The molecule has 3 N–H and O–H groups in total. The van der Waals surface area contributed by atoms with Crippen LogP contribution in [-0.4, -0.2) is 40.4 Å². The third-order valence-corrected chi connectivity index (χ3v) is 5.60. The lowest BCUT2D eigenvalue weighted by atomic mass is 10.0. The average Bonchev–Trinajstić information content (AvgIpc) is 2.68. The van der Waals surface area contributed by atoms with Crippen molar-refractivity contribution in [3.8, 4) is 0 Å². The van der Waals surface area contributed by atoms with Crippen LogP contribution in [0.1, 0.15) is 33.9 Å². The molecule has 162 valence electrons. The molecular formula is C21H19ClF3N5O. The van der Waals surface area contributed by atoms with Crippen molar-refractivity contribution in [2.75, 3.05) is 25.0 Å². The predicted octanol–water partition coefficient (Wildman–Crippen LogP) is 4.26. The number of alkyl halides is 3. The van der Waals surface area contributed by atoms with E-state index in [1.807, 2.05) is 0 Å². The fraction of sp³-hybridized carbons (Fsp3) is 0.286. The fourth-order valence-corrected chi connectivity index (χ4v) is 3.74. The molecule has 1 saturated heterocycles. The van der Waals surface area contributed by atoms with Gasteiger partial charge in [-0.05, 0) is 43.3 Å². The van der Waals surface area contributed by atoms with Crippen molar-refractivity contribution < 1.29 is 18.0 Å². The van der Waals surface area contributed by atoms with E-state index in [-0.39, 0.29) is 16.5 Å². The second-order valence-corrected chi connectivity index (χ2v) is 7.80. The number of rotatable bonds is 6. The Labute approximate surface area is 181 Å². The van der Waals surface area contributed by atoms with E-state index in [0.717, 1.165) is 25.6 Å². The van der Waals surface area contributed by atoms with Gasteiger partial charge in [0.05, 0.1) is 27.7 Å². The number of anilines is 1. The third kappa shape index (κ3) is 4.57. The highest BCUT2D eigenvalue weighted by atomic mass is 35.5. The molecular weight excluding hydrogens is 431 g/mol. The predicted molar refractivity (Wildman–Crippen MR) is 112 cm³/mol. The SMILES string of the molecule is NC(=O)c1cccc2cnc(N[C@H](CN3CCC3)c3ccc(Cl)c(C(F)(F)F)c3)nc12. The molecule has 0 aliphatic carbocycles. The molecule has 0 bridgehead atoms. The van der Waals surface area contributed by atoms with Crippen LogP contribution in [0, 0.1) is 0 Å². The molecule has 1 atom stereocenters. The minimum absolute atomic E-state index is 0.190. The first-order chi connectivity index (χ1) is 14.7. The van der Waals surface area contributed by atoms with Crippen LogP contribution >= 0.6 is 11.6 Å². The number of benzene rings is 2. The van der Waals surface area contributed by atoms with Gasteiger partial charge in [0.2, 0.25) is 5.95 Å². The van der Waals surface area contributed by atoms with Crippen molar-refractivity contribution in [1.29, 1.82) is 0 Å². The minimum Gasteiger partial charge on any atom is -0.366 e. The van der Waals surface area contributed by atoms with Crippen LogP contribution in [0.2, 0.25) is 5.02 Å². The monoisotopic (exact) mass is 449 g/mol. The van der Waals surface area contributed by atoms with E-state index in [9.17, 15) is 18.0 Å². The summed E-state index contributed by atoms with van der Waals surface area (Å²) in [5, 5.41) is 3.40. The number of carbonyl (C=O) groups excluding carboxylic acids is 1. The van der Waals surface area contributed by atoms with Crippen molar-refractivity contribution >= 4 is 34.4 Å². The van der Waals surface area contributed by atoms with Gasteiger partial charge in [-0.25, -0.2) is 9.97 Å². The Morgan fingerprint density at radius 3 is 2.68 bits per heavy atom. The summed E-state index contributed by atoms with van der Waals surface area (Å²) < 4.78 is 40.1. The Hall–Kier alpha value is -2.91. The van der Waals surface area contributed by atoms with E-state index in [1.165, 1.54) is 6.07 Å². The third-order valence-electron chi connectivity index (χ3n) is 5.27. The highest BCUT2D eigenvalue weighted by Gasteiger charge is 2.34. The number of nitrogens with zero attached hydrogens (tertiary/aromatic N) is 3. The Morgan fingerprint density at radius 2 is 2.03 bits per heavy atom.